The quantitative estimate of drug-likeness (QED) is 0.668. The molecule has 0 aliphatic carbocycles. The van der Waals surface area contributed by atoms with E-state index in [0.717, 1.165) is 12.1 Å². The molecule has 0 spiro atoms. The number of halogens is 4. The number of fused-ring (bicyclic) bond motifs is 1. The van der Waals surface area contributed by atoms with Crippen LogP contribution in [-0.2, 0) is 6.18 Å². The smallest absolute Gasteiger partial charge is 0.307 e. The van der Waals surface area contributed by atoms with Crippen molar-refractivity contribution >= 4 is 10.9 Å². The van der Waals surface area contributed by atoms with Crippen LogP contribution in [0, 0.1) is 12.7 Å². The molecule has 3 rings (SSSR count). The van der Waals surface area contributed by atoms with E-state index in [1.54, 1.807) is 0 Å². The summed E-state index contributed by atoms with van der Waals surface area (Å²) in [5, 5.41) is -0.273. The molecule has 2 aromatic carbocycles. The molecule has 0 aliphatic rings. The van der Waals surface area contributed by atoms with Gasteiger partial charge in [-0.1, -0.05) is 12.1 Å². The van der Waals surface area contributed by atoms with Gasteiger partial charge in [0, 0.05) is 0 Å². The van der Waals surface area contributed by atoms with E-state index in [2.05, 4.69) is 4.98 Å². The highest BCUT2D eigenvalue weighted by Crippen LogP contribution is 2.40. The van der Waals surface area contributed by atoms with Crippen LogP contribution in [0.3, 0.4) is 0 Å². The average molecular weight is 338 g/mol. The zero-order chi connectivity index (χ0) is 17.6. The molecule has 24 heavy (non-hydrogen) atoms. The first kappa shape index (κ1) is 16.0. The molecule has 0 unspecified atom stereocenters. The van der Waals surface area contributed by atoms with Crippen molar-refractivity contribution in [2.75, 3.05) is 0 Å². The van der Waals surface area contributed by atoms with Gasteiger partial charge < -0.3 is 4.98 Å². The van der Waals surface area contributed by atoms with E-state index in [1.165, 1.54) is 19.1 Å². The van der Waals surface area contributed by atoms with Crippen LogP contribution in [0.5, 0.6) is 0 Å². The van der Waals surface area contributed by atoms with Gasteiger partial charge in [-0.25, -0.2) is 9.18 Å². The van der Waals surface area contributed by atoms with Crippen LogP contribution in [0.25, 0.3) is 22.0 Å². The number of rotatable bonds is 1. The maximum Gasteiger partial charge on any atom is 0.417 e. The van der Waals surface area contributed by atoms with Crippen molar-refractivity contribution in [3.8, 4) is 11.1 Å². The van der Waals surface area contributed by atoms with Crippen molar-refractivity contribution in [2.45, 2.75) is 13.1 Å². The monoisotopic (exact) mass is 338 g/mol. The second-order valence-corrected chi connectivity index (χ2v) is 5.26. The Bertz CT molecular complexity index is 1050. The highest BCUT2D eigenvalue weighted by Gasteiger charge is 2.35. The van der Waals surface area contributed by atoms with E-state index >= 15 is 0 Å². The number of hydrogen-bond acceptors (Lipinski definition) is 2. The third-order valence-corrected chi connectivity index (χ3v) is 3.73. The molecule has 0 aliphatic heterocycles. The van der Waals surface area contributed by atoms with Crippen LogP contribution in [0.1, 0.15) is 11.1 Å². The van der Waals surface area contributed by atoms with Gasteiger partial charge in [0.2, 0.25) is 0 Å². The van der Waals surface area contributed by atoms with Crippen molar-refractivity contribution in [3.63, 3.8) is 0 Å². The molecule has 2 N–H and O–H groups in total. The minimum absolute atomic E-state index is 0.0103. The largest absolute Gasteiger partial charge is 0.417 e. The lowest BCUT2D eigenvalue weighted by atomic mass is 9.92. The summed E-state index contributed by atoms with van der Waals surface area (Å²) in [5.41, 5.74) is -2.75. The topological polar surface area (TPSA) is 65.7 Å². The predicted molar refractivity (Wildman–Crippen MR) is 80.3 cm³/mol. The Kier molecular flexibility index (Phi) is 3.55. The molecule has 0 saturated carbocycles. The summed E-state index contributed by atoms with van der Waals surface area (Å²) in [6, 6.07) is 5.20. The number of alkyl halides is 3. The van der Waals surface area contributed by atoms with Crippen LogP contribution >= 0.6 is 0 Å². The second kappa shape index (κ2) is 5.33. The maximum atomic E-state index is 13.5. The number of benzene rings is 2. The van der Waals surface area contributed by atoms with Crippen LogP contribution in [0.15, 0.2) is 39.9 Å². The van der Waals surface area contributed by atoms with Crippen molar-refractivity contribution in [2.24, 2.45) is 0 Å². The third kappa shape index (κ3) is 2.60. The van der Waals surface area contributed by atoms with E-state index in [9.17, 15) is 27.2 Å². The molecule has 1 heterocycles. The Hall–Kier alpha value is -2.90. The summed E-state index contributed by atoms with van der Waals surface area (Å²) in [7, 11) is 0. The molecule has 3 aromatic rings. The molecular formula is C16H10F4N2O2. The number of H-pyrrole nitrogens is 2. The summed E-state index contributed by atoms with van der Waals surface area (Å²) < 4.78 is 53.5. The fourth-order valence-corrected chi connectivity index (χ4v) is 2.69. The van der Waals surface area contributed by atoms with E-state index in [4.69, 9.17) is 0 Å². The zero-order valence-corrected chi connectivity index (χ0v) is 12.2. The molecule has 0 radical (unpaired) electrons. The molecule has 124 valence electrons. The van der Waals surface area contributed by atoms with Gasteiger partial charge in [0.25, 0.3) is 5.56 Å². The zero-order valence-electron chi connectivity index (χ0n) is 12.2. The summed E-state index contributed by atoms with van der Waals surface area (Å²) in [6.45, 7) is 1.37. The number of aromatic nitrogens is 2. The standard InChI is InChI=1S/C16H10F4N2O2/c1-7-12(8-2-4-9(17)5-3-8)11(16(18,19)20)6-10-13(7)21-15(24)22-14(10)23/h2-6H,1H3,(H2,21,22,23,24). The van der Waals surface area contributed by atoms with Gasteiger partial charge in [-0.2, -0.15) is 13.2 Å². The van der Waals surface area contributed by atoms with Crippen molar-refractivity contribution in [1.29, 1.82) is 0 Å². The summed E-state index contributed by atoms with van der Waals surface area (Å²) in [6.07, 6.45) is -4.73. The fourth-order valence-electron chi connectivity index (χ4n) is 2.69. The summed E-state index contributed by atoms with van der Waals surface area (Å²) >= 11 is 0. The Morgan fingerprint density at radius 1 is 1.00 bits per heavy atom. The van der Waals surface area contributed by atoms with Gasteiger partial charge in [0.05, 0.1) is 16.5 Å². The highest BCUT2D eigenvalue weighted by atomic mass is 19.4. The van der Waals surface area contributed by atoms with Gasteiger partial charge >= 0.3 is 11.9 Å². The molecule has 1 aromatic heterocycles. The van der Waals surface area contributed by atoms with E-state index in [1.807, 2.05) is 4.98 Å². The van der Waals surface area contributed by atoms with E-state index < -0.39 is 28.8 Å². The van der Waals surface area contributed by atoms with Gasteiger partial charge in [0.15, 0.2) is 0 Å². The molecular weight excluding hydrogens is 328 g/mol. The first-order valence-corrected chi connectivity index (χ1v) is 6.81. The molecule has 4 nitrogen and oxygen atoms in total. The minimum atomic E-state index is -4.73. The van der Waals surface area contributed by atoms with E-state index in [-0.39, 0.29) is 27.6 Å². The Balaban J connectivity index is 2.50. The number of nitrogens with one attached hydrogen (secondary N) is 2. The SMILES string of the molecule is Cc1c(-c2ccc(F)cc2)c(C(F)(F)F)cc2c(=O)[nH]c(=O)[nH]c12. The minimum Gasteiger partial charge on any atom is -0.307 e. The Morgan fingerprint density at radius 3 is 2.21 bits per heavy atom. The van der Waals surface area contributed by atoms with Crippen LogP contribution in [-0.4, -0.2) is 9.97 Å². The molecule has 0 saturated heterocycles. The maximum absolute atomic E-state index is 13.5. The van der Waals surface area contributed by atoms with Crippen molar-refractivity contribution in [1.82, 2.24) is 9.97 Å². The van der Waals surface area contributed by atoms with Gasteiger partial charge in [-0.3, -0.25) is 9.78 Å². The van der Waals surface area contributed by atoms with Crippen molar-refractivity contribution in [3.05, 3.63) is 68.1 Å². The lowest BCUT2D eigenvalue weighted by Crippen LogP contribution is -2.23. The molecule has 0 bridgehead atoms. The lowest BCUT2D eigenvalue weighted by Gasteiger charge is -2.17. The third-order valence-electron chi connectivity index (χ3n) is 3.73. The highest BCUT2D eigenvalue weighted by molar-refractivity contribution is 5.90. The van der Waals surface area contributed by atoms with E-state index in [0.29, 0.717) is 6.07 Å². The normalized spacial score (nSPS) is 11.9. The second-order valence-electron chi connectivity index (χ2n) is 5.26. The van der Waals surface area contributed by atoms with Crippen molar-refractivity contribution < 1.29 is 17.6 Å². The van der Waals surface area contributed by atoms with Crippen LogP contribution in [0.2, 0.25) is 0 Å². The summed E-state index contributed by atoms with van der Waals surface area (Å²) in [4.78, 5) is 27.5. The molecule has 8 heteroatoms. The first-order valence-electron chi connectivity index (χ1n) is 6.81. The van der Waals surface area contributed by atoms with Crippen LogP contribution in [0.4, 0.5) is 17.6 Å². The van der Waals surface area contributed by atoms with Gasteiger partial charge in [-0.15, -0.1) is 0 Å². The predicted octanol–water partition coefficient (Wildman–Crippen LogP) is 3.35. The van der Waals surface area contributed by atoms with Crippen LogP contribution < -0.4 is 11.2 Å². The molecule has 0 fully saturated rings. The number of hydrogen-bond donors (Lipinski definition) is 2. The average Bonchev–Trinajstić information content (AvgIpc) is 2.48. The lowest BCUT2D eigenvalue weighted by molar-refractivity contribution is -0.137. The Labute approximate surface area is 131 Å². The molecule has 0 atom stereocenters. The first-order chi connectivity index (χ1) is 11.2. The fraction of sp³-hybridized carbons (Fsp3) is 0.125. The van der Waals surface area contributed by atoms with Gasteiger partial charge in [-0.05, 0) is 41.8 Å². The number of aryl methyl sites for hydroxylation is 1. The Morgan fingerprint density at radius 2 is 1.62 bits per heavy atom. The molecule has 0 amide bonds. The van der Waals surface area contributed by atoms with Gasteiger partial charge in [0.1, 0.15) is 5.82 Å². The number of aromatic amines is 2. The summed E-state index contributed by atoms with van der Waals surface area (Å²) in [5.74, 6) is -0.587.